The average molecular weight is 194 g/mol. The molecule has 3 nitrogen and oxygen atoms in total. The van der Waals surface area contributed by atoms with Crippen LogP contribution in [0.1, 0.15) is 25.7 Å². The summed E-state index contributed by atoms with van der Waals surface area (Å²) in [6.45, 7) is 7.19. The summed E-state index contributed by atoms with van der Waals surface area (Å²) in [5.74, 6) is -0.842. The lowest BCUT2D eigenvalue weighted by atomic mass is 9.79. The Morgan fingerprint density at radius 2 is 2.07 bits per heavy atom. The van der Waals surface area contributed by atoms with E-state index in [0.717, 1.165) is 0 Å². The van der Waals surface area contributed by atoms with Gasteiger partial charge in [0.05, 0.1) is 11.8 Å². The Labute approximate surface area is 83.4 Å². The summed E-state index contributed by atoms with van der Waals surface area (Å²) in [6, 6.07) is 0. The molecule has 76 valence electrons. The van der Waals surface area contributed by atoms with Crippen LogP contribution in [0.2, 0.25) is 0 Å². The van der Waals surface area contributed by atoms with E-state index in [1.807, 2.05) is 0 Å². The van der Waals surface area contributed by atoms with Crippen molar-refractivity contribution >= 4 is 11.9 Å². The molecule has 0 aromatic carbocycles. The first-order chi connectivity index (χ1) is 6.64. The molecule has 0 radical (unpaired) electrons. The second-order valence-corrected chi connectivity index (χ2v) is 3.54. The van der Waals surface area contributed by atoms with Crippen LogP contribution in [0.4, 0.5) is 0 Å². The standard InChI is InChI=1S/C11H14O3/c1-3-5-7-11(6-4-2)8-9(12)14-10(11)13/h3-4H,1-2,5-8H2. The number of rotatable bonds is 5. The Balaban J connectivity index is 2.80. The highest BCUT2D eigenvalue weighted by molar-refractivity contribution is 5.97. The largest absolute Gasteiger partial charge is 0.393 e. The Bertz CT molecular complexity index is 280. The third kappa shape index (κ3) is 1.92. The van der Waals surface area contributed by atoms with Gasteiger partial charge in [0.1, 0.15) is 0 Å². The molecule has 0 bridgehead atoms. The van der Waals surface area contributed by atoms with Crippen LogP contribution in [-0.4, -0.2) is 11.9 Å². The first-order valence-corrected chi connectivity index (χ1v) is 4.61. The number of ether oxygens (including phenoxy) is 1. The SMILES string of the molecule is C=CCCC1(CC=C)CC(=O)OC1=O. The van der Waals surface area contributed by atoms with E-state index in [4.69, 9.17) is 0 Å². The molecule has 1 atom stereocenters. The molecule has 0 amide bonds. The second-order valence-electron chi connectivity index (χ2n) is 3.54. The van der Waals surface area contributed by atoms with Gasteiger partial charge < -0.3 is 4.74 Å². The predicted octanol–water partition coefficient (Wildman–Crippen LogP) is 1.99. The number of allylic oxidation sites excluding steroid dienone is 2. The Morgan fingerprint density at radius 3 is 2.50 bits per heavy atom. The number of hydrogen-bond donors (Lipinski definition) is 0. The molecule has 0 aromatic heterocycles. The molecule has 1 fully saturated rings. The zero-order chi connectivity index (χ0) is 10.6. The van der Waals surface area contributed by atoms with Gasteiger partial charge in [-0.15, -0.1) is 13.2 Å². The van der Waals surface area contributed by atoms with Gasteiger partial charge >= 0.3 is 11.9 Å². The maximum atomic E-state index is 11.5. The van der Waals surface area contributed by atoms with E-state index in [1.54, 1.807) is 12.2 Å². The van der Waals surface area contributed by atoms with Gasteiger partial charge in [0.2, 0.25) is 0 Å². The van der Waals surface area contributed by atoms with Crippen molar-refractivity contribution in [2.24, 2.45) is 5.41 Å². The zero-order valence-electron chi connectivity index (χ0n) is 8.12. The van der Waals surface area contributed by atoms with E-state index < -0.39 is 17.4 Å². The van der Waals surface area contributed by atoms with E-state index in [2.05, 4.69) is 17.9 Å². The quantitative estimate of drug-likeness (QED) is 0.382. The molecule has 1 aliphatic rings. The van der Waals surface area contributed by atoms with Crippen molar-refractivity contribution in [1.82, 2.24) is 0 Å². The second kappa shape index (κ2) is 4.22. The van der Waals surface area contributed by atoms with Crippen LogP contribution in [0.5, 0.6) is 0 Å². The van der Waals surface area contributed by atoms with Crippen molar-refractivity contribution in [1.29, 1.82) is 0 Å². The van der Waals surface area contributed by atoms with Crippen LogP contribution < -0.4 is 0 Å². The lowest BCUT2D eigenvalue weighted by Crippen LogP contribution is -2.25. The van der Waals surface area contributed by atoms with Crippen molar-refractivity contribution < 1.29 is 14.3 Å². The maximum absolute atomic E-state index is 11.5. The zero-order valence-corrected chi connectivity index (χ0v) is 8.12. The predicted molar refractivity (Wildman–Crippen MR) is 52.4 cm³/mol. The molecule has 3 heteroatoms. The van der Waals surface area contributed by atoms with Gasteiger partial charge in [-0.05, 0) is 19.3 Å². The minimum Gasteiger partial charge on any atom is -0.393 e. The maximum Gasteiger partial charge on any atom is 0.320 e. The Kier molecular flexibility index (Phi) is 3.23. The molecule has 1 saturated heterocycles. The van der Waals surface area contributed by atoms with Gasteiger partial charge in [-0.3, -0.25) is 9.59 Å². The fourth-order valence-corrected chi connectivity index (χ4v) is 1.70. The van der Waals surface area contributed by atoms with Crippen molar-refractivity contribution in [3.8, 4) is 0 Å². The fourth-order valence-electron chi connectivity index (χ4n) is 1.70. The number of hydrogen-bond acceptors (Lipinski definition) is 3. The average Bonchev–Trinajstić information content (AvgIpc) is 2.40. The first-order valence-electron chi connectivity index (χ1n) is 4.61. The van der Waals surface area contributed by atoms with E-state index in [0.29, 0.717) is 19.3 Å². The smallest absolute Gasteiger partial charge is 0.320 e. The molecule has 1 aliphatic heterocycles. The van der Waals surface area contributed by atoms with Crippen LogP contribution in [-0.2, 0) is 14.3 Å². The van der Waals surface area contributed by atoms with E-state index in [-0.39, 0.29) is 6.42 Å². The lowest BCUT2D eigenvalue weighted by molar-refractivity contribution is -0.155. The van der Waals surface area contributed by atoms with E-state index in [9.17, 15) is 9.59 Å². The van der Waals surface area contributed by atoms with Crippen LogP contribution >= 0.6 is 0 Å². The Morgan fingerprint density at radius 1 is 1.36 bits per heavy atom. The van der Waals surface area contributed by atoms with Crippen LogP contribution in [0.3, 0.4) is 0 Å². The number of cyclic esters (lactones) is 2. The van der Waals surface area contributed by atoms with Crippen LogP contribution in [0.25, 0.3) is 0 Å². The van der Waals surface area contributed by atoms with Crippen LogP contribution in [0, 0.1) is 5.41 Å². The van der Waals surface area contributed by atoms with Crippen molar-refractivity contribution in [2.75, 3.05) is 0 Å². The van der Waals surface area contributed by atoms with Crippen molar-refractivity contribution in [3.05, 3.63) is 25.3 Å². The minimum atomic E-state index is -0.674. The molecule has 0 aromatic rings. The Hall–Kier alpha value is -1.38. The van der Waals surface area contributed by atoms with Gasteiger partial charge in [0.15, 0.2) is 0 Å². The normalized spacial score (nSPS) is 26.0. The van der Waals surface area contributed by atoms with Gasteiger partial charge in [-0.25, -0.2) is 0 Å². The van der Waals surface area contributed by atoms with Gasteiger partial charge in [-0.1, -0.05) is 12.2 Å². The summed E-state index contributed by atoms with van der Waals surface area (Å²) in [4.78, 5) is 22.5. The van der Waals surface area contributed by atoms with Crippen LogP contribution in [0.15, 0.2) is 25.3 Å². The van der Waals surface area contributed by atoms with Gasteiger partial charge in [-0.2, -0.15) is 0 Å². The highest BCUT2D eigenvalue weighted by Gasteiger charge is 2.47. The number of carbonyl (C=O) groups is 2. The third-order valence-electron chi connectivity index (χ3n) is 2.48. The lowest BCUT2D eigenvalue weighted by Gasteiger charge is -2.20. The monoisotopic (exact) mass is 194 g/mol. The van der Waals surface area contributed by atoms with E-state index in [1.165, 1.54) is 0 Å². The summed E-state index contributed by atoms with van der Waals surface area (Å²) in [6.07, 6.45) is 5.37. The molecular weight excluding hydrogens is 180 g/mol. The molecular formula is C11H14O3. The summed E-state index contributed by atoms with van der Waals surface area (Å²) in [7, 11) is 0. The summed E-state index contributed by atoms with van der Waals surface area (Å²) in [5.41, 5.74) is -0.674. The summed E-state index contributed by atoms with van der Waals surface area (Å²) < 4.78 is 4.57. The molecule has 1 unspecified atom stereocenters. The molecule has 0 aliphatic carbocycles. The molecule has 0 N–H and O–H groups in total. The fraction of sp³-hybridized carbons (Fsp3) is 0.455. The molecule has 14 heavy (non-hydrogen) atoms. The van der Waals surface area contributed by atoms with Gasteiger partial charge in [0, 0.05) is 0 Å². The molecule has 1 heterocycles. The minimum absolute atomic E-state index is 0.172. The van der Waals surface area contributed by atoms with Gasteiger partial charge in [0.25, 0.3) is 0 Å². The molecule has 0 spiro atoms. The van der Waals surface area contributed by atoms with Crippen molar-refractivity contribution in [3.63, 3.8) is 0 Å². The number of esters is 2. The highest BCUT2D eigenvalue weighted by Crippen LogP contribution is 2.39. The van der Waals surface area contributed by atoms with Crippen molar-refractivity contribution in [2.45, 2.75) is 25.7 Å². The summed E-state index contributed by atoms with van der Waals surface area (Å²) in [5, 5.41) is 0. The van der Waals surface area contributed by atoms with E-state index >= 15 is 0 Å². The highest BCUT2D eigenvalue weighted by atomic mass is 16.6. The number of carbonyl (C=O) groups excluding carboxylic acids is 2. The topological polar surface area (TPSA) is 43.4 Å². The third-order valence-corrected chi connectivity index (χ3v) is 2.48. The first kappa shape index (κ1) is 10.7. The molecule has 1 rings (SSSR count). The molecule has 0 saturated carbocycles. The summed E-state index contributed by atoms with van der Waals surface area (Å²) >= 11 is 0.